The van der Waals surface area contributed by atoms with E-state index in [0.29, 0.717) is 16.1 Å². The minimum Gasteiger partial charge on any atom is -0.454 e. The zero-order valence-corrected chi connectivity index (χ0v) is 17.8. The predicted octanol–water partition coefficient (Wildman–Crippen LogP) is 4.61. The van der Waals surface area contributed by atoms with E-state index >= 15 is 0 Å². The normalized spacial score (nSPS) is 10.2. The number of carbonyl (C=O) groups is 3. The van der Waals surface area contributed by atoms with Crippen molar-refractivity contribution >= 4 is 35.1 Å². The fourth-order valence-corrected chi connectivity index (χ4v) is 3.61. The highest BCUT2D eigenvalue weighted by atomic mass is 32.2. The molecule has 166 valence electrons. The number of rotatable bonds is 8. The van der Waals surface area contributed by atoms with Crippen LogP contribution >= 0.6 is 11.8 Å². The van der Waals surface area contributed by atoms with Crippen LogP contribution in [0.2, 0.25) is 0 Å². The number of ether oxygens (including phenoxy) is 1. The van der Waals surface area contributed by atoms with Crippen molar-refractivity contribution in [3.8, 4) is 6.07 Å². The molecule has 0 saturated heterocycles. The third kappa shape index (κ3) is 6.48. The number of halogens is 2. The maximum absolute atomic E-state index is 13.7. The number of esters is 1. The molecule has 0 bridgehead atoms. The van der Waals surface area contributed by atoms with Crippen LogP contribution in [0.1, 0.15) is 26.3 Å². The Hall–Kier alpha value is -4.03. The van der Waals surface area contributed by atoms with Gasteiger partial charge in [0.2, 0.25) is 11.7 Å². The van der Waals surface area contributed by atoms with Gasteiger partial charge in [0, 0.05) is 10.6 Å². The SMILES string of the molecule is N#Cc1cccc(NC(=O)CSc2ccccc2C(=O)OCC(=O)c2cc(F)ccc2F)c1. The van der Waals surface area contributed by atoms with Gasteiger partial charge >= 0.3 is 5.97 Å². The first-order valence-electron chi connectivity index (χ1n) is 9.54. The van der Waals surface area contributed by atoms with Crippen LogP contribution in [0.15, 0.2) is 71.6 Å². The fourth-order valence-electron chi connectivity index (χ4n) is 2.77. The van der Waals surface area contributed by atoms with Crippen molar-refractivity contribution in [1.29, 1.82) is 5.26 Å². The molecule has 1 amide bonds. The van der Waals surface area contributed by atoms with Crippen LogP contribution in [-0.2, 0) is 9.53 Å². The summed E-state index contributed by atoms with van der Waals surface area (Å²) in [5, 5.41) is 11.6. The van der Waals surface area contributed by atoms with E-state index in [1.54, 1.807) is 36.4 Å². The van der Waals surface area contributed by atoms with Crippen LogP contribution in [-0.4, -0.2) is 30.0 Å². The number of benzene rings is 3. The average Bonchev–Trinajstić information content (AvgIpc) is 2.82. The van der Waals surface area contributed by atoms with Crippen LogP contribution in [0.3, 0.4) is 0 Å². The predicted molar refractivity (Wildman–Crippen MR) is 118 cm³/mol. The number of nitrogens with zero attached hydrogens (tertiary/aromatic N) is 1. The number of nitriles is 1. The van der Waals surface area contributed by atoms with Crippen molar-refractivity contribution in [1.82, 2.24) is 0 Å². The van der Waals surface area contributed by atoms with E-state index in [2.05, 4.69) is 5.32 Å². The van der Waals surface area contributed by atoms with Crippen LogP contribution in [0.4, 0.5) is 14.5 Å². The second kappa shape index (κ2) is 11.0. The molecule has 0 unspecified atom stereocenters. The molecule has 0 radical (unpaired) electrons. The Morgan fingerprint density at radius 3 is 2.55 bits per heavy atom. The number of Topliss-reactive ketones (excluding diaryl/α,β-unsaturated/α-hetero) is 1. The third-order valence-corrected chi connectivity index (χ3v) is 5.38. The minimum absolute atomic E-state index is 0.0332. The smallest absolute Gasteiger partial charge is 0.339 e. The lowest BCUT2D eigenvalue weighted by atomic mass is 10.1. The largest absolute Gasteiger partial charge is 0.454 e. The standard InChI is InChI=1S/C24H16F2N2O4S/c25-16-8-9-20(26)19(11-16)21(29)13-32-24(31)18-6-1-2-7-22(18)33-14-23(30)28-17-5-3-4-15(10-17)12-27/h1-11H,13-14H2,(H,28,30). The number of hydrogen-bond donors (Lipinski definition) is 1. The molecule has 0 aliphatic heterocycles. The first kappa shape index (κ1) is 23.6. The first-order valence-corrected chi connectivity index (χ1v) is 10.5. The van der Waals surface area contributed by atoms with E-state index in [1.165, 1.54) is 12.1 Å². The molecule has 0 heterocycles. The molecule has 0 atom stereocenters. The molecule has 0 spiro atoms. The summed E-state index contributed by atoms with van der Waals surface area (Å²) in [7, 11) is 0. The molecule has 3 rings (SSSR count). The number of nitrogens with one attached hydrogen (secondary N) is 1. The first-order chi connectivity index (χ1) is 15.9. The minimum atomic E-state index is -0.917. The van der Waals surface area contributed by atoms with E-state index in [0.717, 1.165) is 30.0 Å². The molecule has 1 N–H and O–H groups in total. The van der Waals surface area contributed by atoms with Crippen LogP contribution < -0.4 is 5.32 Å². The topological polar surface area (TPSA) is 96.3 Å². The Morgan fingerprint density at radius 2 is 1.76 bits per heavy atom. The lowest BCUT2D eigenvalue weighted by molar-refractivity contribution is -0.113. The van der Waals surface area contributed by atoms with Crippen molar-refractivity contribution in [3.63, 3.8) is 0 Å². The average molecular weight is 466 g/mol. The highest BCUT2D eigenvalue weighted by molar-refractivity contribution is 8.00. The second-order valence-corrected chi connectivity index (χ2v) is 7.67. The summed E-state index contributed by atoms with van der Waals surface area (Å²) in [5.41, 5.74) is 0.480. The Morgan fingerprint density at radius 1 is 0.970 bits per heavy atom. The summed E-state index contributed by atoms with van der Waals surface area (Å²) < 4.78 is 32.0. The fraction of sp³-hybridized carbons (Fsp3) is 0.0833. The highest BCUT2D eigenvalue weighted by Crippen LogP contribution is 2.24. The quantitative estimate of drug-likeness (QED) is 0.296. The number of anilines is 1. The van der Waals surface area contributed by atoms with Crippen molar-refractivity contribution in [2.75, 3.05) is 17.7 Å². The number of ketones is 1. The second-order valence-electron chi connectivity index (χ2n) is 6.65. The molecule has 0 aliphatic rings. The van der Waals surface area contributed by atoms with Gasteiger partial charge < -0.3 is 10.1 Å². The molecule has 0 aliphatic carbocycles. The van der Waals surface area contributed by atoms with Gasteiger partial charge in [-0.2, -0.15) is 5.26 Å². The maximum Gasteiger partial charge on any atom is 0.339 e. The molecule has 33 heavy (non-hydrogen) atoms. The van der Waals surface area contributed by atoms with Gasteiger partial charge in [0.1, 0.15) is 11.6 Å². The lowest BCUT2D eigenvalue weighted by Crippen LogP contribution is -2.17. The van der Waals surface area contributed by atoms with Crippen molar-refractivity contribution in [2.45, 2.75) is 4.90 Å². The third-order valence-electron chi connectivity index (χ3n) is 4.30. The molecular weight excluding hydrogens is 450 g/mol. The highest BCUT2D eigenvalue weighted by Gasteiger charge is 2.18. The van der Waals surface area contributed by atoms with Gasteiger partial charge in [0.05, 0.1) is 28.5 Å². The van der Waals surface area contributed by atoms with E-state index in [9.17, 15) is 23.2 Å². The van der Waals surface area contributed by atoms with E-state index in [-0.39, 0.29) is 17.2 Å². The van der Waals surface area contributed by atoms with Crippen molar-refractivity contribution < 1.29 is 27.9 Å². The summed E-state index contributed by atoms with van der Waals surface area (Å²) in [6.07, 6.45) is 0. The van der Waals surface area contributed by atoms with Gasteiger partial charge in [-0.05, 0) is 48.5 Å². The summed E-state index contributed by atoms with van der Waals surface area (Å²) in [6, 6.07) is 17.2. The maximum atomic E-state index is 13.7. The lowest BCUT2D eigenvalue weighted by Gasteiger charge is -2.10. The molecule has 9 heteroatoms. The number of carbonyl (C=O) groups excluding carboxylic acids is 3. The Labute approximate surface area is 192 Å². The van der Waals surface area contributed by atoms with Crippen molar-refractivity contribution in [3.05, 3.63) is 95.1 Å². The molecule has 0 aromatic heterocycles. The van der Waals surface area contributed by atoms with E-state index < -0.39 is 35.6 Å². The van der Waals surface area contributed by atoms with E-state index in [1.807, 2.05) is 6.07 Å². The molecule has 3 aromatic rings. The molecule has 3 aromatic carbocycles. The van der Waals surface area contributed by atoms with Crippen LogP contribution in [0, 0.1) is 23.0 Å². The van der Waals surface area contributed by atoms with Gasteiger partial charge in [0.15, 0.2) is 6.61 Å². The Balaban J connectivity index is 1.60. The summed E-state index contributed by atoms with van der Waals surface area (Å²) in [4.78, 5) is 37.3. The van der Waals surface area contributed by atoms with Gasteiger partial charge in [-0.15, -0.1) is 11.8 Å². The van der Waals surface area contributed by atoms with Crippen LogP contribution in [0.5, 0.6) is 0 Å². The van der Waals surface area contributed by atoms with Gasteiger partial charge in [-0.25, -0.2) is 13.6 Å². The van der Waals surface area contributed by atoms with Gasteiger partial charge in [-0.3, -0.25) is 9.59 Å². The number of amides is 1. The molecular formula is C24H16F2N2O4S. The number of hydrogen-bond acceptors (Lipinski definition) is 6. The molecule has 0 saturated carbocycles. The van der Waals surface area contributed by atoms with Crippen molar-refractivity contribution in [2.24, 2.45) is 0 Å². The van der Waals surface area contributed by atoms with Crippen LogP contribution in [0.25, 0.3) is 0 Å². The molecule has 0 fully saturated rings. The monoisotopic (exact) mass is 466 g/mol. The van der Waals surface area contributed by atoms with Gasteiger partial charge in [-0.1, -0.05) is 18.2 Å². The van der Waals surface area contributed by atoms with E-state index in [4.69, 9.17) is 10.00 Å². The summed E-state index contributed by atoms with van der Waals surface area (Å²) in [6.45, 7) is -0.770. The summed E-state index contributed by atoms with van der Waals surface area (Å²) >= 11 is 1.08. The van der Waals surface area contributed by atoms with Gasteiger partial charge in [0.25, 0.3) is 0 Å². The molecule has 6 nitrogen and oxygen atoms in total. The zero-order valence-electron chi connectivity index (χ0n) is 17.0. The summed E-state index contributed by atoms with van der Waals surface area (Å²) in [5.74, 6) is -3.82. The Kier molecular flexibility index (Phi) is 7.89. The zero-order chi connectivity index (χ0) is 23.8. The number of thioether (sulfide) groups is 1. The Bertz CT molecular complexity index is 1260.